The first-order valence-electron chi connectivity index (χ1n) is 1.32. The van der Waals surface area contributed by atoms with E-state index < -0.39 is 5.69 Å². The third kappa shape index (κ3) is 7.21. The summed E-state index contributed by atoms with van der Waals surface area (Å²) >= 11 is 10.1. The van der Waals surface area contributed by atoms with Crippen molar-refractivity contribution in [2.75, 3.05) is 5.21 Å². The largest absolute Gasteiger partial charge is 0.338 e. The fourth-order valence-electron chi connectivity index (χ4n) is 0.0636. The van der Waals surface area contributed by atoms with Crippen LogP contribution in [0.4, 0.5) is 0 Å². The molecule has 0 heterocycles. The van der Waals surface area contributed by atoms with Gasteiger partial charge in [0.25, 0.3) is 0 Å². The molecule has 0 aliphatic heterocycles. The number of rotatable bonds is 2. The van der Waals surface area contributed by atoms with Crippen LogP contribution < -0.4 is 0 Å². The van der Waals surface area contributed by atoms with Crippen LogP contribution in [0.15, 0.2) is 0 Å². The Morgan fingerprint density at radius 1 is 1.71 bits per heavy atom. The van der Waals surface area contributed by atoms with E-state index in [0.717, 1.165) is 11.4 Å². The quantitative estimate of drug-likeness (QED) is 0.491. The average Bonchev–Trinajstić information content (AvgIpc) is 1.30. The highest BCUT2D eigenvalue weighted by Gasteiger charge is 2.04. The zero-order valence-corrected chi connectivity index (χ0v) is 6.53. The molecule has 2 N–H and O–H groups in total. The molecule has 0 rings (SSSR count). The van der Waals surface area contributed by atoms with Crippen molar-refractivity contribution in [2.24, 2.45) is 0 Å². The van der Waals surface area contributed by atoms with Crippen molar-refractivity contribution in [1.82, 2.24) is 0 Å². The summed E-state index contributed by atoms with van der Waals surface area (Å²) in [6.07, 6.45) is 0. The van der Waals surface area contributed by atoms with E-state index in [0.29, 0.717) is 0 Å². The van der Waals surface area contributed by atoms with Crippen molar-refractivity contribution in [3.05, 3.63) is 0 Å². The van der Waals surface area contributed by atoms with E-state index in [1.54, 1.807) is 0 Å². The molecular weight excluding hydrogens is 175 g/mol. The summed E-state index contributed by atoms with van der Waals surface area (Å²) in [6.45, 7) is 0. The molecule has 0 saturated carbocycles. The van der Waals surface area contributed by atoms with E-state index in [-0.39, 0.29) is 5.21 Å². The third-order valence-electron chi connectivity index (χ3n) is 0.217. The Hall–Kier alpha value is 1.21. The summed E-state index contributed by atoms with van der Waals surface area (Å²) < 4.78 is 0. The second-order valence-corrected chi connectivity index (χ2v) is 7.36. The molecule has 7 heavy (non-hydrogen) atoms. The third-order valence-corrected chi connectivity index (χ3v) is 3.78. The highest BCUT2D eigenvalue weighted by molar-refractivity contribution is 8.67. The minimum atomic E-state index is -3.05. The first-order chi connectivity index (χ1) is 3.06. The molecule has 0 spiro atoms. The zero-order chi connectivity index (χ0) is 5.91. The molecule has 0 unspecified atom stereocenters. The van der Waals surface area contributed by atoms with Gasteiger partial charge in [0, 0.05) is 0 Å². The van der Waals surface area contributed by atoms with Gasteiger partial charge in [-0.1, -0.05) is 11.4 Å². The van der Waals surface area contributed by atoms with Crippen LogP contribution >= 0.6 is 28.7 Å². The fourth-order valence-corrected chi connectivity index (χ4v) is 2.79. The maximum atomic E-state index is 8.38. The summed E-state index contributed by atoms with van der Waals surface area (Å²) in [5, 5.41) is 0.143. The van der Waals surface area contributed by atoms with Gasteiger partial charge in [0.15, 0.2) is 0 Å². The van der Waals surface area contributed by atoms with Crippen LogP contribution in [0.5, 0.6) is 0 Å². The lowest BCUT2D eigenvalue weighted by molar-refractivity contribution is 0.502. The molecule has 0 aliphatic carbocycles. The predicted molar refractivity (Wildman–Crippen MR) is 37.0 cm³/mol. The van der Waals surface area contributed by atoms with Gasteiger partial charge in [-0.3, -0.25) is 0 Å². The van der Waals surface area contributed by atoms with Crippen molar-refractivity contribution in [3.63, 3.8) is 0 Å². The maximum Gasteiger partial charge on any atom is 0.243 e. The van der Waals surface area contributed by atoms with Gasteiger partial charge in [0.05, 0.1) is 5.21 Å². The normalized spacial score (nSPS) is 11.9. The second-order valence-electron chi connectivity index (χ2n) is 0.729. The molecular formula is CH4ClO2PS2. The molecule has 0 aromatic heterocycles. The highest BCUT2D eigenvalue weighted by Crippen LogP contribution is 2.50. The summed E-state index contributed by atoms with van der Waals surface area (Å²) in [7, 11) is 0. The highest BCUT2D eigenvalue weighted by atomic mass is 35.5. The van der Waals surface area contributed by atoms with Gasteiger partial charge in [-0.15, -0.1) is 11.6 Å². The molecule has 0 bridgehead atoms. The van der Waals surface area contributed by atoms with Gasteiger partial charge in [-0.2, -0.15) is 0 Å². The Bertz CT molecular complexity index is 89.7. The number of hydrogen-bond acceptors (Lipinski definition) is 2. The van der Waals surface area contributed by atoms with Crippen molar-refractivity contribution >= 4 is 40.5 Å². The monoisotopic (exact) mass is 178 g/mol. The van der Waals surface area contributed by atoms with Crippen LogP contribution in [0.25, 0.3) is 0 Å². The minimum absolute atomic E-state index is 0.143. The van der Waals surface area contributed by atoms with Gasteiger partial charge >= 0.3 is 0 Å². The lowest BCUT2D eigenvalue weighted by Gasteiger charge is -1.99. The molecule has 0 amide bonds. The van der Waals surface area contributed by atoms with Crippen LogP contribution in [0, 0.1) is 0 Å². The molecule has 6 heteroatoms. The Morgan fingerprint density at radius 3 is 2.14 bits per heavy atom. The molecule has 2 nitrogen and oxygen atoms in total. The lowest BCUT2D eigenvalue weighted by Crippen LogP contribution is -1.65. The summed E-state index contributed by atoms with van der Waals surface area (Å²) in [4.78, 5) is 16.8. The number of halogens is 1. The standard InChI is InChI=1S/CH4ClO2PS2/c2-1-7-5(3,4)6/h1H2,(H2,3,4,6). The number of hydrogen-bond donors (Lipinski definition) is 2. The van der Waals surface area contributed by atoms with Crippen molar-refractivity contribution in [2.45, 2.75) is 0 Å². The van der Waals surface area contributed by atoms with Crippen LogP contribution in [0.2, 0.25) is 0 Å². The Morgan fingerprint density at radius 2 is 2.14 bits per heavy atom. The summed E-state index contributed by atoms with van der Waals surface area (Å²) in [5.74, 6) is 0. The fraction of sp³-hybridized carbons (Fsp3) is 1.00. The van der Waals surface area contributed by atoms with Crippen LogP contribution in [-0.2, 0) is 11.8 Å². The van der Waals surface area contributed by atoms with Crippen molar-refractivity contribution in [3.8, 4) is 0 Å². The minimum Gasteiger partial charge on any atom is -0.338 e. The molecule has 0 aliphatic rings. The molecule has 0 atom stereocenters. The average molecular weight is 179 g/mol. The van der Waals surface area contributed by atoms with Crippen molar-refractivity contribution in [1.29, 1.82) is 0 Å². The van der Waals surface area contributed by atoms with Gasteiger partial charge in [0.2, 0.25) is 5.69 Å². The molecule has 0 aromatic rings. The molecule has 0 saturated heterocycles. The van der Waals surface area contributed by atoms with E-state index in [2.05, 4.69) is 11.8 Å². The number of alkyl halides is 1. The van der Waals surface area contributed by atoms with E-state index in [4.69, 9.17) is 21.4 Å². The van der Waals surface area contributed by atoms with Crippen LogP contribution in [-0.4, -0.2) is 15.0 Å². The lowest BCUT2D eigenvalue weighted by atomic mass is 11.9. The van der Waals surface area contributed by atoms with Gasteiger partial charge < -0.3 is 9.79 Å². The second kappa shape index (κ2) is 3.28. The van der Waals surface area contributed by atoms with Crippen molar-refractivity contribution < 1.29 is 9.79 Å². The van der Waals surface area contributed by atoms with Crippen LogP contribution in [0.1, 0.15) is 0 Å². The summed E-state index contributed by atoms with van der Waals surface area (Å²) in [5.41, 5.74) is -3.05. The molecule has 0 radical (unpaired) electrons. The Balaban J connectivity index is 3.36. The van der Waals surface area contributed by atoms with Gasteiger partial charge in [-0.25, -0.2) is 0 Å². The zero-order valence-electron chi connectivity index (χ0n) is 3.24. The predicted octanol–water partition coefficient (Wildman–Crippen LogP) is 1.12. The first-order valence-corrected chi connectivity index (χ1v) is 6.15. The Labute approximate surface area is 55.8 Å². The van der Waals surface area contributed by atoms with E-state index >= 15 is 0 Å². The molecule has 44 valence electrons. The molecule has 0 aromatic carbocycles. The molecule has 0 fully saturated rings. The van der Waals surface area contributed by atoms with E-state index in [9.17, 15) is 0 Å². The van der Waals surface area contributed by atoms with Gasteiger partial charge in [-0.05, 0) is 11.8 Å². The van der Waals surface area contributed by atoms with E-state index in [1.807, 2.05) is 0 Å². The first kappa shape index (κ1) is 8.21. The maximum absolute atomic E-state index is 8.38. The topological polar surface area (TPSA) is 40.5 Å². The summed E-state index contributed by atoms with van der Waals surface area (Å²) in [6, 6.07) is 0. The smallest absolute Gasteiger partial charge is 0.243 e. The van der Waals surface area contributed by atoms with E-state index in [1.165, 1.54) is 0 Å². The SMILES string of the molecule is OP(O)(=S)SCCl. The van der Waals surface area contributed by atoms with Crippen LogP contribution in [0.3, 0.4) is 0 Å². The Kier molecular flexibility index (Phi) is 3.84. The van der Waals surface area contributed by atoms with Gasteiger partial charge in [0.1, 0.15) is 0 Å².